The van der Waals surface area contributed by atoms with Gasteiger partial charge in [-0.25, -0.2) is 0 Å². The van der Waals surface area contributed by atoms with Crippen LogP contribution < -0.4 is 0 Å². The van der Waals surface area contributed by atoms with Gasteiger partial charge >= 0.3 is 60.9 Å². The highest BCUT2D eigenvalue weighted by atomic mass is 31.2. The zero-order valence-corrected chi connectivity index (χ0v) is 16.2. The van der Waals surface area contributed by atoms with E-state index in [1.54, 1.807) is 0 Å². The molecule has 0 aromatic heterocycles. The third kappa shape index (κ3) is 3.72. The quantitative estimate of drug-likeness (QED) is 0.206. The minimum Gasteiger partial charge on any atom is -0.308 e. The number of alkyl halides is 19. The van der Waals surface area contributed by atoms with E-state index in [9.17, 15) is 88.0 Å². The summed E-state index contributed by atoms with van der Waals surface area (Å²) < 4.78 is 266. The van der Waals surface area contributed by atoms with Crippen LogP contribution in [0.1, 0.15) is 0 Å². The highest BCUT2D eigenvalue weighted by Crippen LogP contribution is 2.72. The molecule has 0 radical (unpaired) electrons. The lowest BCUT2D eigenvalue weighted by molar-refractivity contribution is -0.466. The van der Waals surface area contributed by atoms with Gasteiger partial charge in [-0.2, -0.15) is 83.4 Å². The van der Waals surface area contributed by atoms with E-state index in [4.69, 9.17) is 0 Å². The van der Waals surface area contributed by atoms with Crippen molar-refractivity contribution in [3.05, 3.63) is 0 Å². The summed E-state index contributed by atoms with van der Waals surface area (Å²) in [6.07, 6.45) is -7.95. The summed E-state index contributed by atoms with van der Waals surface area (Å²) in [5.41, 5.74) is -7.36. The molecule has 0 spiro atoms. The minimum absolute atomic E-state index is 0.299. The minimum atomic E-state index is -9.05. The molecular formula is C11H6F19O3P. The van der Waals surface area contributed by atoms with E-state index in [1.807, 2.05) is 0 Å². The Kier molecular flexibility index (Phi) is 7.89. The molecule has 0 saturated carbocycles. The van der Waals surface area contributed by atoms with Gasteiger partial charge in [-0.15, -0.1) is 0 Å². The standard InChI is InChI=1S/C11H6F19O3P/c1-32-34(31,33-2)11(29,30)9(24,25)7(20,21)5(16,17)3(12,13)4(14,15)6(18,19)8(22,23)10(26,27)28/h1-2H3. The number of halogens is 19. The Balaban J connectivity index is 7.11. The third-order valence-corrected chi connectivity index (χ3v) is 5.85. The molecule has 0 unspecified atom stereocenters. The zero-order chi connectivity index (χ0) is 28.4. The van der Waals surface area contributed by atoms with Crippen LogP contribution in [0.4, 0.5) is 83.4 Å². The van der Waals surface area contributed by atoms with Crippen molar-refractivity contribution in [1.29, 1.82) is 0 Å². The van der Waals surface area contributed by atoms with Crippen LogP contribution in [-0.4, -0.2) is 67.5 Å². The van der Waals surface area contributed by atoms with E-state index >= 15 is 0 Å². The van der Waals surface area contributed by atoms with Gasteiger partial charge in [-0.1, -0.05) is 0 Å². The van der Waals surface area contributed by atoms with Crippen molar-refractivity contribution < 1.29 is 97.0 Å². The second-order valence-electron chi connectivity index (χ2n) is 5.92. The first-order valence-corrected chi connectivity index (χ1v) is 8.72. The molecule has 0 N–H and O–H groups in total. The molecule has 23 heteroatoms. The van der Waals surface area contributed by atoms with Gasteiger partial charge in [-0.3, -0.25) is 4.57 Å². The predicted molar refractivity (Wildman–Crippen MR) is 67.3 cm³/mol. The van der Waals surface area contributed by atoms with Gasteiger partial charge in [0.25, 0.3) is 0 Å². The average molecular weight is 578 g/mol. The fourth-order valence-electron chi connectivity index (χ4n) is 1.83. The first-order valence-electron chi connectivity index (χ1n) is 7.18. The molecule has 0 saturated heterocycles. The monoisotopic (exact) mass is 578 g/mol. The molecule has 0 atom stereocenters. The van der Waals surface area contributed by atoms with Crippen LogP contribution in [0.5, 0.6) is 0 Å². The summed E-state index contributed by atoms with van der Waals surface area (Å²) >= 11 is 0. The third-order valence-electron chi connectivity index (χ3n) is 3.92. The SMILES string of the molecule is COP(=O)(OC)C(F)(F)C(F)(F)C(F)(F)C(F)(F)C(F)(F)C(F)(F)C(F)(F)C(F)(F)C(F)(F)F. The Labute approximate surface area is 173 Å². The van der Waals surface area contributed by atoms with E-state index in [2.05, 4.69) is 9.05 Å². The summed E-state index contributed by atoms with van der Waals surface area (Å²) in [7, 11) is -7.69. The molecule has 0 aliphatic rings. The molecule has 206 valence electrons. The molecule has 34 heavy (non-hydrogen) atoms. The molecule has 3 nitrogen and oxygen atoms in total. The first kappa shape index (κ1) is 32.8. The fraction of sp³-hybridized carbons (Fsp3) is 1.00. The molecule has 0 aliphatic heterocycles. The van der Waals surface area contributed by atoms with Crippen LogP contribution in [0.2, 0.25) is 0 Å². The normalized spacial score (nSPS) is 16.7. The fourth-order valence-corrected chi connectivity index (χ4v) is 2.92. The summed E-state index contributed by atoms with van der Waals surface area (Å²) in [4.78, 5) is 0. The van der Waals surface area contributed by atoms with Crippen LogP contribution in [-0.2, 0) is 13.6 Å². The Bertz CT molecular complexity index is 792. The molecule has 0 aromatic carbocycles. The largest absolute Gasteiger partial charge is 0.460 e. The molecule has 0 bridgehead atoms. The molecule has 0 heterocycles. The molecule has 0 fully saturated rings. The van der Waals surface area contributed by atoms with Gasteiger partial charge in [0.05, 0.1) is 0 Å². The van der Waals surface area contributed by atoms with Gasteiger partial charge in [0, 0.05) is 14.2 Å². The second-order valence-corrected chi connectivity index (χ2v) is 8.21. The van der Waals surface area contributed by atoms with Gasteiger partial charge in [-0.05, 0) is 0 Å². The lowest BCUT2D eigenvalue weighted by Gasteiger charge is -2.44. The van der Waals surface area contributed by atoms with Gasteiger partial charge in [0.1, 0.15) is 0 Å². The van der Waals surface area contributed by atoms with Crippen molar-refractivity contribution in [1.82, 2.24) is 0 Å². The number of hydrogen-bond donors (Lipinski definition) is 0. The molecule has 0 amide bonds. The van der Waals surface area contributed by atoms with E-state index in [0.717, 1.165) is 0 Å². The highest BCUT2D eigenvalue weighted by molar-refractivity contribution is 7.55. The highest BCUT2D eigenvalue weighted by Gasteiger charge is 2.97. The maximum absolute atomic E-state index is 13.6. The topological polar surface area (TPSA) is 35.5 Å². The summed E-state index contributed by atoms with van der Waals surface area (Å²) in [6, 6.07) is 0. The van der Waals surface area contributed by atoms with Gasteiger partial charge in [0.15, 0.2) is 0 Å². The number of rotatable bonds is 10. The Hall–Kier alpha value is -1.18. The van der Waals surface area contributed by atoms with E-state index in [-0.39, 0.29) is 14.2 Å². The predicted octanol–water partition coefficient (Wildman–Crippen LogP) is 7.07. The van der Waals surface area contributed by atoms with Crippen LogP contribution in [0.15, 0.2) is 0 Å². The molecular weight excluding hydrogens is 572 g/mol. The smallest absolute Gasteiger partial charge is 0.308 e. The Morgan fingerprint density at radius 2 is 0.618 bits per heavy atom. The summed E-state index contributed by atoms with van der Waals surface area (Å²) in [6.45, 7) is 0. The van der Waals surface area contributed by atoms with Crippen LogP contribution in [0, 0.1) is 0 Å². The number of hydrogen-bond acceptors (Lipinski definition) is 3. The molecule has 0 rings (SSSR count). The average Bonchev–Trinajstić information content (AvgIpc) is 2.64. The maximum atomic E-state index is 13.6. The summed E-state index contributed by atoms with van der Waals surface area (Å²) in [5, 5.41) is 0. The van der Waals surface area contributed by atoms with E-state index < -0.39 is 60.9 Å². The van der Waals surface area contributed by atoms with Crippen molar-refractivity contribution in [2.75, 3.05) is 14.2 Å². The molecule has 0 aliphatic carbocycles. The van der Waals surface area contributed by atoms with Crippen molar-refractivity contribution >= 4 is 7.60 Å². The van der Waals surface area contributed by atoms with E-state index in [1.165, 1.54) is 0 Å². The van der Waals surface area contributed by atoms with Crippen molar-refractivity contribution in [3.8, 4) is 0 Å². The van der Waals surface area contributed by atoms with Crippen LogP contribution in [0.25, 0.3) is 0 Å². The molecule has 0 aromatic rings. The first-order chi connectivity index (χ1) is 14.4. The van der Waals surface area contributed by atoms with Crippen molar-refractivity contribution in [3.63, 3.8) is 0 Å². The van der Waals surface area contributed by atoms with Crippen LogP contribution >= 0.6 is 7.60 Å². The lowest BCUT2D eigenvalue weighted by atomic mass is 9.89. The van der Waals surface area contributed by atoms with Gasteiger partial charge in [0.2, 0.25) is 0 Å². The lowest BCUT2D eigenvalue weighted by Crippen LogP contribution is -2.75. The van der Waals surface area contributed by atoms with E-state index in [0.29, 0.717) is 0 Å². The van der Waals surface area contributed by atoms with Crippen molar-refractivity contribution in [2.24, 2.45) is 0 Å². The van der Waals surface area contributed by atoms with Gasteiger partial charge < -0.3 is 9.05 Å². The summed E-state index contributed by atoms with van der Waals surface area (Å²) in [5.74, 6) is -61.2. The maximum Gasteiger partial charge on any atom is 0.460 e. The Morgan fingerprint density at radius 3 is 0.824 bits per heavy atom. The second kappa shape index (κ2) is 8.17. The Morgan fingerprint density at radius 1 is 0.412 bits per heavy atom. The van der Waals surface area contributed by atoms with Crippen LogP contribution in [0.3, 0.4) is 0 Å². The van der Waals surface area contributed by atoms with Crippen molar-refractivity contribution in [2.45, 2.75) is 53.3 Å². The zero-order valence-electron chi connectivity index (χ0n) is 15.4.